The van der Waals surface area contributed by atoms with Crippen LogP contribution in [0.2, 0.25) is 0 Å². The van der Waals surface area contributed by atoms with Crippen LogP contribution >= 0.6 is 0 Å². The van der Waals surface area contributed by atoms with Crippen molar-refractivity contribution in [2.24, 2.45) is 0 Å². The predicted octanol–water partition coefficient (Wildman–Crippen LogP) is 4.07. The third-order valence-electron chi connectivity index (χ3n) is 4.34. The van der Waals surface area contributed by atoms with Gasteiger partial charge in [-0.1, -0.05) is 19.1 Å². The molecule has 4 rings (SSSR count). The molecular formula is C21H20N4O3. The number of carbonyl (C=O) groups is 1. The minimum absolute atomic E-state index is 0.187. The average molecular weight is 376 g/mol. The van der Waals surface area contributed by atoms with Crippen molar-refractivity contribution in [1.29, 1.82) is 0 Å². The Bertz CT molecular complexity index is 1020. The summed E-state index contributed by atoms with van der Waals surface area (Å²) in [5, 5.41) is 5.98. The van der Waals surface area contributed by atoms with Crippen LogP contribution in [-0.4, -0.2) is 22.7 Å². The lowest BCUT2D eigenvalue weighted by Gasteiger charge is -2.10. The number of amides is 1. The molecule has 2 aromatic carbocycles. The predicted molar refractivity (Wildman–Crippen MR) is 106 cm³/mol. The molecule has 0 fully saturated rings. The van der Waals surface area contributed by atoms with Gasteiger partial charge in [0.15, 0.2) is 11.5 Å². The van der Waals surface area contributed by atoms with Gasteiger partial charge in [0.1, 0.15) is 5.69 Å². The molecule has 0 atom stereocenters. The van der Waals surface area contributed by atoms with E-state index in [1.165, 1.54) is 5.56 Å². The molecule has 2 N–H and O–H groups in total. The van der Waals surface area contributed by atoms with Crippen molar-refractivity contribution in [3.05, 3.63) is 65.5 Å². The van der Waals surface area contributed by atoms with Gasteiger partial charge in [-0.05, 0) is 49.2 Å². The largest absolute Gasteiger partial charge is 0.454 e. The van der Waals surface area contributed by atoms with E-state index < -0.39 is 0 Å². The lowest BCUT2D eigenvalue weighted by Crippen LogP contribution is -2.15. The highest BCUT2D eigenvalue weighted by Crippen LogP contribution is 2.34. The van der Waals surface area contributed by atoms with Crippen LogP contribution in [0.15, 0.2) is 48.5 Å². The van der Waals surface area contributed by atoms with Crippen molar-refractivity contribution in [2.75, 3.05) is 17.4 Å². The molecule has 28 heavy (non-hydrogen) atoms. The van der Waals surface area contributed by atoms with Gasteiger partial charge >= 0.3 is 0 Å². The van der Waals surface area contributed by atoms with Crippen molar-refractivity contribution in [2.45, 2.75) is 20.3 Å². The first-order valence-corrected chi connectivity index (χ1v) is 9.03. The van der Waals surface area contributed by atoms with Crippen LogP contribution in [0.1, 0.15) is 28.7 Å². The number of hydrogen-bond acceptors (Lipinski definition) is 6. The number of hydrogen-bond donors (Lipinski definition) is 2. The second-order valence-electron chi connectivity index (χ2n) is 6.42. The summed E-state index contributed by atoms with van der Waals surface area (Å²) in [5.74, 6) is 1.32. The molecule has 0 saturated heterocycles. The molecule has 3 aromatic rings. The summed E-state index contributed by atoms with van der Waals surface area (Å²) in [4.78, 5) is 21.4. The van der Waals surface area contributed by atoms with Crippen LogP contribution in [0, 0.1) is 6.92 Å². The molecule has 1 amide bonds. The molecule has 1 aliphatic heterocycles. The molecule has 0 spiro atoms. The zero-order chi connectivity index (χ0) is 19.5. The maximum absolute atomic E-state index is 12.7. The molecule has 1 aliphatic rings. The van der Waals surface area contributed by atoms with Crippen molar-refractivity contribution < 1.29 is 14.3 Å². The maximum atomic E-state index is 12.7. The summed E-state index contributed by atoms with van der Waals surface area (Å²) in [7, 11) is 0. The zero-order valence-electron chi connectivity index (χ0n) is 15.7. The number of aryl methyl sites for hydroxylation is 2. The quantitative estimate of drug-likeness (QED) is 0.698. The first kappa shape index (κ1) is 17.8. The van der Waals surface area contributed by atoms with Gasteiger partial charge in [0, 0.05) is 23.1 Å². The molecule has 7 nitrogen and oxygen atoms in total. The Balaban J connectivity index is 1.51. The average Bonchev–Trinajstić information content (AvgIpc) is 3.16. The summed E-state index contributed by atoms with van der Waals surface area (Å²) in [5.41, 5.74) is 3.69. The molecule has 142 valence electrons. The molecule has 0 unspecified atom stereocenters. The van der Waals surface area contributed by atoms with Crippen molar-refractivity contribution in [1.82, 2.24) is 9.97 Å². The summed E-state index contributed by atoms with van der Waals surface area (Å²) >= 11 is 0. The Morgan fingerprint density at radius 1 is 1.00 bits per heavy atom. The highest BCUT2D eigenvalue weighted by molar-refractivity contribution is 6.03. The lowest BCUT2D eigenvalue weighted by molar-refractivity contribution is 0.102. The maximum Gasteiger partial charge on any atom is 0.274 e. The Morgan fingerprint density at radius 2 is 1.75 bits per heavy atom. The van der Waals surface area contributed by atoms with Gasteiger partial charge in [-0.2, -0.15) is 0 Å². The van der Waals surface area contributed by atoms with Crippen LogP contribution in [0.3, 0.4) is 0 Å². The number of nitrogens with one attached hydrogen (secondary N) is 2. The van der Waals surface area contributed by atoms with Crippen LogP contribution in [0.5, 0.6) is 11.5 Å². The van der Waals surface area contributed by atoms with E-state index >= 15 is 0 Å². The molecule has 1 aromatic heterocycles. The van der Waals surface area contributed by atoms with Gasteiger partial charge in [-0.25, -0.2) is 9.97 Å². The molecule has 7 heteroatoms. The molecular weight excluding hydrogens is 356 g/mol. The van der Waals surface area contributed by atoms with E-state index in [0.717, 1.165) is 12.1 Å². The van der Waals surface area contributed by atoms with Crippen molar-refractivity contribution in [3.63, 3.8) is 0 Å². The second kappa shape index (κ2) is 7.56. The van der Waals surface area contributed by atoms with E-state index in [1.807, 2.05) is 31.2 Å². The molecule has 0 aliphatic carbocycles. The van der Waals surface area contributed by atoms with Gasteiger partial charge in [0.2, 0.25) is 12.7 Å². The fourth-order valence-corrected chi connectivity index (χ4v) is 2.86. The molecule has 0 bridgehead atoms. The standard InChI is InChI=1S/C21H20N4O3/c1-3-14-4-6-15(7-5-14)24-21-22-13(2)10-17(25-21)20(26)23-16-8-9-18-19(11-16)28-12-27-18/h4-11H,3,12H2,1-2H3,(H,23,26)(H,22,24,25). The van der Waals surface area contributed by atoms with E-state index in [0.29, 0.717) is 28.8 Å². The highest BCUT2D eigenvalue weighted by atomic mass is 16.7. The Morgan fingerprint density at radius 3 is 2.54 bits per heavy atom. The summed E-state index contributed by atoms with van der Waals surface area (Å²) < 4.78 is 10.6. The Hall–Kier alpha value is -3.61. The number of fused-ring (bicyclic) bond motifs is 1. The van der Waals surface area contributed by atoms with Crippen LogP contribution in [-0.2, 0) is 6.42 Å². The van der Waals surface area contributed by atoms with Gasteiger partial charge < -0.3 is 20.1 Å². The third kappa shape index (κ3) is 3.88. The Labute approximate surface area is 162 Å². The number of nitrogens with zero attached hydrogens (tertiary/aromatic N) is 2. The second-order valence-corrected chi connectivity index (χ2v) is 6.42. The number of aromatic nitrogens is 2. The fraction of sp³-hybridized carbons (Fsp3) is 0.190. The van der Waals surface area contributed by atoms with Gasteiger partial charge in [0.05, 0.1) is 0 Å². The minimum atomic E-state index is -0.325. The number of anilines is 3. The SMILES string of the molecule is CCc1ccc(Nc2nc(C)cc(C(=O)Nc3ccc4c(c3)OCO4)n2)cc1. The van der Waals surface area contributed by atoms with Gasteiger partial charge in [-0.15, -0.1) is 0 Å². The van der Waals surface area contributed by atoms with E-state index in [9.17, 15) is 4.79 Å². The summed E-state index contributed by atoms with van der Waals surface area (Å²) in [6.45, 7) is 4.12. The molecule has 0 radical (unpaired) electrons. The van der Waals surface area contributed by atoms with E-state index in [4.69, 9.17) is 9.47 Å². The van der Waals surface area contributed by atoms with Crippen LogP contribution < -0.4 is 20.1 Å². The molecule has 2 heterocycles. The first-order chi connectivity index (χ1) is 13.6. The highest BCUT2D eigenvalue weighted by Gasteiger charge is 2.16. The number of ether oxygens (including phenoxy) is 2. The number of carbonyl (C=O) groups excluding carboxylic acids is 1. The van der Waals surface area contributed by atoms with Crippen LogP contribution in [0.25, 0.3) is 0 Å². The van der Waals surface area contributed by atoms with Gasteiger partial charge in [0.25, 0.3) is 5.91 Å². The fourth-order valence-electron chi connectivity index (χ4n) is 2.86. The van der Waals surface area contributed by atoms with Crippen LogP contribution in [0.4, 0.5) is 17.3 Å². The smallest absolute Gasteiger partial charge is 0.274 e. The molecule has 0 saturated carbocycles. The number of rotatable bonds is 5. The van der Waals surface area contributed by atoms with E-state index in [1.54, 1.807) is 24.3 Å². The Kier molecular flexibility index (Phi) is 4.80. The van der Waals surface area contributed by atoms with Crippen molar-refractivity contribution >= 4 is 23.2 Å². The number of benzene rings is 2. The first-order valence-electron chi connectivity index (χ1n) is 9.03. The normalized spacial score (nSPS) is 11.9. The van der Waals surface area contributed by atoms with E-state index in [-0.39, 0.29) is 18.4 Å². The lowest BCUT2D eigenvalue weighted by atomic mass is 10.1. The van der Waals surface area contributed by atoms with Gasteiger partial charge in [-0.3, -0.25) is 4.79 Å². The summed E-state index contributed by atoms with van der Waals surface area (Å²) in [6, 6.07) is 14.9. The van der Waals surface area contributed by atoms with E-state index in [2.05, 4.69) is 27.5 Å². The minimum Gasteiger partial charge on any atom is -0.454 e. The topological polar surface area (TPSA) is 85.4 Å². The zero-order valence-corrected chi connectivity index (χ0v) is 15.7. The van der Waals surface area contributed by atoms with Crippen molar-refractivity contribution in [3.8, 4) is 11.5 Å². The third-order valence-corrected chi connectivity index (χ3v) is 4.34. The summed E-state index contributed by atoms with van der Waals surface area (Å²) in [6.07, 6.45) is 0.978. The monoisotopic (exact) mass is 376 g/mol.